The number of aliphatic hydroxyl groups excluding tert-OH is 3. The molecule has 0 aliphatic carbocycles. The van der Waals surface area contributed by atoms with Crippen molar-refractivity contribution in [3.05, 3.63) is 29.8 Å². The molecule has 2 atom stereocenters. The second-order valence-electron chi connectivity index (χ2n) is 3.12. The van der Waals surface area contributed by atoms with Gasteiger partial charge in [0.2, 0.25) is 0 Å². The molecule has 1 aromatic rings. The molecule has 0 heterocycles. The maximum Gasteiger partial charge on any atom is 0.115 e. The molecular weight excluding hydrogens is 184 g/mol. The van der Waals surface area contributed by atoms with Gasteiger partial charge in [0.1, 0.15) is 11.9 Å². The molecule has 0 aliphatic heterocycles. The molecule has 14 heavy (non-hydrogen) atoms. The van der Waals surface area contributed by atoms with Crippen molar-refractivity contribution in [2.75, 3.05) is 6.61 Å². The second kappa shape index (κ2) is 4.95. The van der Waals surface area contributed by atoms with Gasteiger partial charge >= 0.3 is 0 Å². The summed E-state index contributed by atoms with van der Waals surface area (Å²) in [4.78, 5) is 0. The van der Waals surface area contributed by atoms with Gasteiger partial charge in [-0.3, -0.25) is 0 Å². The molecule has 0 fully saturated rings. The van der Waals surface area contributed by atoms with Gasteiger partial charge in [0.05, 0.1) is 6.10 Å². The van der Waals surface area contributed by atoms with Gasteiger partial charge in [-0.15, -0.1) is 0 Å². The summed E-state index contributed by atoms with van der Waals surface area (Å²) in [6.07, 6.45) is -1.98. The van der Waals surface area contributed by atoms with Crippen LogP contribution in [0.15, 0.2) is 24.3 Å². The van der Waals surface area contributed by atoms with Crippen LogP contribution >= 0.6 is 0 Å². The van der Waals surface area contributed by atoms with E-state index < -0.39 is 12.2 Å². The standard InChI is InChI=1S/C10H14O4/c11-5-4-9(13)10(14)7-2-1-3-8(12)6-7/h1-3,6,9-14H,4-5H2. The van der Waals surface area contributed by atoms with E-state index in [1.807, 2.05) is 0 Å². The van der Waals surface area contributed by atoms with Gasteiger partial charge < -0.3 is 20.4 Å². The molecule has 2 unspecified atom stereocenters. The first kappa shape index (κ1) is 11.0. The van der Waals surface area contributed by atoms with Gasteiger partial charge in [0.15, 0.2) is 0 Å². The molecule has 0 radical (unpaired) electrons. The van der Waals surface area contributed by atoms with E-state index in [0.29, 0.717) is 5.56 Å². The summed E-state index contributed by atoms with van der Waals surface area (Å²) in [5.41, 5.74) is 0.436. The van der Waals surface area contributed by atoms with Crippen molar-refractivity contribution in [2.24, 2.45) is 0 Å². The second-order valence-corrected chi connectivity index (χ2v) is 3.12. The van der Waals surface area contributed by atoms with Crippen LogP contribution in [0.2, 0.25) is 0 Å². The Hall–Kier alpha value is -1.10. The van der Waals surface area contributed by atoms with Crippen molar-refractivity contribution in [2.45, 2.75) is 18.6 Å². The number of phenolic OH excluding ortho intramolecular Hbond substituents is 1. The Balaban J connectivity index is 2.73. The summed E-state index contributed by atoms with van der Waals surface area (Å²) in [5.74, 6) is 0.0396. The lowest BCUT2D eigenvalue weighted by Gasteiger charge is -2.17. The zero-order valence-corrected chi connectivity index (χ0v) is 7.67. The van der Waals surface area contributed by atoms with Crippen LogP contribution in [0.3, 0.4) is 0 Å². The van der Waals surface area contributed by atoms with Gasteiger partial charge in [-0.05, 0) is 24.1 Å². The van der Waals surface area contributed by atoms with Crippen molar-refractivity contribution in [3.63, 3.8) is 0 Å². The number of aliphatic hydroxyl groups is 3. The molecule has 0 amide bonds. The van der Waals surface area contributed by atoms with Crippen molar-refractivity contribution in [1.82, 2.24) is 0 Å². The smallest absolute Gasteiger partial charge is 0.115 e. The molecule has 0 saturated carbocycles. The molecule has 0 aliphatic rings. The lowest BCUT2D eigenvalue weighted by atomic mass is 10.0. The van der Waals surface area contributed by atoms with Crippen LogP contribution < -0.4 is 0 Å². The van der Waals surface area contributed by atoms with Crippen LogP contribution in [-0.4, -0.2) is 33.1 Å². The van der Waals surface area contributed by atoms with Crippen LogP contribution in [0.5, 0.6) is 5.75 Å². The normalized spacial score (nSPS) is 15.1. The predicted octanol–water partition coefficient (Wildman–Crippen LogP) is 0.169. The van der Waals surface area contributed by atoms with E-state index in [1.54, 1.807) is 12.1 Å². The first-order valence-corrected chi connectivity index (χ1v) is 4.41. The van der Waals surface area contributed by atoms with Crippen molar-refractivity contribution < 1.29 is 20.4 Å². The van der Waals surface area contributed by atoms with Crippen molar-refractivity contribution in [1.29, 1.82) is 0 Å². The van der Waals surface area contributed by atoms with Gasteiger partial charge in [-0.25, -0.2) is 0 Å². The number of phenols is 1. The van der Waals surface area contributed by atoms with E-state index in [1.165, 1.54) is 12.1 Å². The first-order valence-electron chi connectivity index (χ1n) is 4.41. The Labute approximate surface area is 82.1 Å². The lowest BCUT2D eigenvalue weighted by molar-refractivity contribution is 0.00413. The summed E-state index contributed by atoms with van der Waals surface area (Å²) in [6.45, 7) is -0.183. The molecule has 4 nitrogen and oxygen atoms in total. The molecule has 78 valence electrons. The van der Waals surface area contributed by atoms with Crippen molar-refractivity contribution in [3.8, 4) is 5.75 Å². The molecule has 1 aromatic carbocycles. The molecule has 0 bridgehead atoms. The van der Waals surface area contributed by atoms with E-state index in [-0.39, 0.29) is 18.8 Å². The van der Waals surface area contributed by atoms with Crippen LogP contribution in [0, 0.1) is 0 Å². The van der Waals surface area contributed by atoms with E-state index in [4.69, 9.17) is 10.2 Å². The largest absolute Gasteiger partial charge is 0.508 e. The minimum absolute atomic E-state index is 0.0396. The van der Waals surface area contributed by atoms with E-state index in [9.17, 15) is 10.2 Å². The Morgan fingerprint density at radius 3 is 2.50 bits per heavy atom. The molecule has 0 saturated heterocycles. The number of benzene rings is 1. The average molecular weight is 198 g/mol. The third-order valence-electron chi connectivity index (χ3n) is 2.00. The van der Waals surface area contributed by atoms with Crippen LogP contribution in [0.25, 0.3) is 0 Å². The maximum atomic E-state index is 9.57. The van der Waals surface area contributed by atoms with Gasteiger partial charge in [-0.1, -0.05) is 12.1 Å². The summed E-state index contributed by atoms with van der Waals surface area (Å²) >= 11 is 0. The molecule has 4 N–H and O–H groups in total. The Kier molecular flexibility index (Phi) is 3.88. The fourth-order valence-corrected chi connectivity index (χ4v) is 1.22. The average Bonchev–Trinajstić information content (AvgIpc) is 2.17. The highest BCUT2D eigenvalue weighted by molar-refractivity contribution is 5.29. The molecule has 0 spiro atoms. The minimum Gasteiger partial charge on any atom is -0.508 e. The predicted molar refractivity (Wildman–Crippen MR) is 50.8 cm³/mol. The van der Waals surface area contributed by atoms with Gasteiger partial charge in [0, 0.05) is 6.61 Å². The third kappa shape index (κ3) is 2.70. The van der Waals surface area contributed by atoms with E-state index in [2.05, 4.69) is 0 Å². The minimum atomic E-state index is -1.07. The summed E-state index contributed by atoms with van der Waals surface area (Å²) in [6, 6.07) is 6.05. The molecular formula is C10H14O4. The van der Waals surface area contributed by atoms with Crippen LogP contribution in [0.1, 0.15) is 18.1 Å². The zero-order valence-electron chi connectivity index (χ0n) is 7.67. The molecule has 1 rings (SSSR count). The van der Waals surface area contributed by atoms with Crippen LogP contribution in [-0.2, 0) is 0 Å². The summed E-state index contributed by atoms with van der Waals surface area (Å²) in [7, 11) is 0. The Morgan fingerprint density at radius 2 is 1.93 bits per heavy atom. The zero-order chi connectivity index (χ0) is 10.6. The molecule has 4 heteroatoms. The summed E-state index contributed by atoms with van der Waals surface area (Å²) < 4.78 is 0. The number of hydrogen-bond donors (Lipinski definition) is 4. The van der Waals surface area contributed by atoms with E-state index in [0.717, 1.165) is 0 Å². The summed E-state index contributed by atoms with van der Waals surface area (Å²) in [5, 5.41) is 36.6. The Bertz CT molecular complexity index is 287. The number of hydrogen-bond acceptors (Lipinski definition) is 4. The van der Waals surface area contributed by atoms with Gasteiger partial charge in [0.25, 0.3) is 0 Å². The quantitative estimate of drug-likeness (QED) is 0.556. The van der Waals surface area contributed by atoms with E-state index >= 15 is 0 Å². The number of rotatable bonds is 4. The van der Waals surface area contributed by atoms with Crippen LogP contribution in [0.4, 0.5) is 0 Å². The third-order valence-corrected chi connectivity index (χ3v) is 2.00. The monoisotopic (exact) mass is 198 g/mol. The van der Waals surface area contributed by atoms with Gasteiger partial charge in [-0.2, -0.15) is 0 Å². The SMILES string of the molecule is OCCC(O)C(O)c1cccc(O)c1. The highest BCUT2D eigenvalue weighted by atomic mass is 16.3. The maximum absolute atomic E-state index is 9.57. The number of aromatic hydroxyl groups is 1. The fourth-order valence-electron chi connectivity index (χ4n) is 1.22. The molecule has 0 aromatic heterocycles. The van der Waals surface area contributed by atoms with Crippen molar-refractivity contribution >= 4 is 0 Å². The fraction of sp³-hybridized carbons (Fsp3) is 0.400. The first-order chi connectivity index (χ1) is 6.65. The highest BCUT2D eigenvalue weighted by Gasteiger charge is 2.17. The Morgan fingerprint density at radius 1 is 1.21 bits per heavy atom. The highest BCUT2D eigenvalue weighted by Crippen LogP contribution is 2.21. The lowest BCUT2D eigenvalue weighted by Crippen LogP contribution is -2.19. The topological polar surface area (TPSA) is 80.9 Å².